The van der Waals surface area contributed by atoms with Crippen LogP contribution in [0.1, 0.15) is 13.3 Å². The molecule has 0 bridgehead atoms. The Kier molecular flexibility index (Phi) is 5.88. The molecule has 0 aromatic heterocycles. The molecule has 0 spiro atoms. The molecule has 0 saturated carbocycles. The topological polar surface area (TPSA) is 38.0 Å². The van der Waals surface area contributed by atoms with Crippen LogP contribution in [0.5, 0.6) is 0 Å². The number of rotatable bonds is 5. The van der Waals surface area contributed by atoms with E-state index >= 15 is 0 Å². The molecule has 0 aromatic carbocycles. The summed E-state index contributed by atoms with van der Waals surface area (Å²) in [5.74, 6) is 0. The summed E-state index contributed by atoms with van der Waals surface area (Å²) in [7, 11) is 0. The minimum Gasteiger partial charge on any atom is -0.385 e. The van der Waals surface area contributed by atoms with Crippen LogP contribution in [0, 0.1) is 0 Å². The van der Waals surface area contributed by atoms with Gasteiger partial charge in [0.1, 0.15) is 0 Å². The minimum absolute atomic E-state index is 0.737. The maximum atomic E-state index is 5.31. The molecule has 0 unspecified atom stereocenters. The van der Waals surface area contributed by atoms with E-state index in [4.69, 9.17) is 5.73 Å². The molecule has 0 aliphatic heterocycles. The number of nitrogens with two attached hydrogens (primary N) is 1. The van der Waals surface area contributed by atoms with Gasteiger partial charge in [0.2, 0.25) is 0 Å². The van der Waals surface area contributed by atoms with Crippen molar-refractivity contribution < 1.29 is 0 Å². The predicted octanol–water partition coefficient (Wildman–Crippen LogP) is 1.01. The first-order valence-electron chi connectivity index (χ1n) is 3.57. The quantitative estimate of drug-likeness (QED) is 0.442. The summed E-state index contributed by atoms with van der Waals surface area (Å²) in [5, 5.41) is 3.18. The van der Waals surface area contributed by atoms with E-state index in [-0.39, 0.29) is 0 Å². The highest BCUT2D eigenvalue weighted by atomic mass is 14.9. The molecular weight excluding hydrogens is 124 g/mol. The molecule has 0 saturated heterocycles. The number of allylic oxidation sites excluding steroid dienone is 2. The smallest absolute Gasteiger partial charge is 0.0290 e. The second-order valence-electron chi connectivity index (χ2n) is 2.02. The zero-order valence-electron chi connectivity index (χ0n) is 6.56. The van der Waals surface area contributed by atoms with Gasteiger partial charge in [-0.15, -0.1) is 0 Å². The molecule has 58 valence electrons. The van der Waals surface area contributed by atoms with Gasteiger partial charge in [-0.1, -0.05) is 12.7 Å². The van der Waals surface area contributed by atoms with Crippen molar-refractivity contribution in [3.05, 3.63) is 24.4 Å². The van der Waals surface area contributed by atoms with Gasteiger partial charge >= 0.3 is 0 Å². The van der Waals surface area contributed by atoms with Crippen molar-refractivity contribution in [1.29, 1.82) is 0 Å². The van der Waals surface area contributed by atoms with Crippen LogP contribution in [0.25, 0.3) is 0 Å². The Hall–Kier alpha value is -0.760. The van der Waals surface area contributed by atoms with E-state index < -0.39 is 0 Å². The summed E-state index contributed by atoms with van der Waals surface area (Å²) >= 11 is 0. The Morgan fingerprint density at radius 3 is 2.80 bits per heavy atom. The molecular formula is C8H16N2. The maximum Gasteiger partial charge on any atom is 0.0290 e. The summed E-state index contributed by atoms with van der Waals surface area (Å²) in [5.41, 5.74) is 6.39. The van der Waals surface area contributed by atoms with Crippen LogP contribution in [0.2, 0.25) is 0 Å². The largest absolute Gasteiger partial charge is 0.385 e. The third kappa shape index (κ3) is 4.15. The summed E-state index contributed by atoms with van der Waals surface area (Å²) in [6, 6.07) is 0. The Balaban J connectivity index is 3.36. The summed E-state index contributed by atoms with van der Waals surface area (Å²) in [4.78, 5) is 0. The molecule has 0 amide bonds. The fourth-order valence-corrected chi connectivity index (χ4v) is 0.627. The molecule has 0 atom stereocenters. The molecule has 3 N–H and O–H groups in total. The van der Waals surface area contributed by atoms with Gasteiger partial charge in [0, 0.05) is 12.2 Å². The van der Waals surface area contributed by atoms with E-state index in [1.54, 1.807) is 6.08 Å². The van der Waals surface area contributed by atoms with Crippen molar-refractivity contribution in [1.82, 2.24) is 5.32 Å². The minimum atomic E-state index is 0.737. The van der Waals surface area contributed by atoms with Crippen LogP contribution >= 0.6 is 0 Å². The Morgan fingerprint density at radius 1 is 1.70 bits per heavy atom. The first-order chi connectivity index (χ1) is 4.85. The Labute approximate surface area is 62.8 Å². The average Bonchev–Trinajstić information content (AvgIpc) is 1.99. The van der Waals surface area contributed by atoms with Crippen molar-refractivity contribution in [2.45, 2.75) is 13.3 Å². The summed E-state index contributed by atoms with van der Waals surface area (Å²) < 4.78 is 0. The van der Waals surface area contributed by atoms with Gasteiger partial charge in [0.05, 0.1) is 0 Å². The zero-order valence-corrected chi connectivity index (χ0v) is 6.56. The zero-order chi connectivity index (χ0) is 7.82. The van der Waals surface area contributed by atoms with Gasteiger partial charge < -0.3 is 11.1 Å². The lowest BCUT2D eigenvalue weighted by atomic mass is 10.3. The van der Waals surface area contributed by atoms with E-state index in [0.717, 1.165) is 25.2 Å². The maximum absolute atomic E-state index is 5.31. The number of nitrogens with one attached hydrogen (secondary N) is 1. The Bertz CT molecular complexity index is 116. The van der Waals surface area contributed by atoms with Crippen LogP contribution in [0.15, 0.2) is 24.4 Å². The number of hydrogen-bond acceptors (Lipinski definition) is 2. The lowest BCUT2D eigenvalue weighted by Gasteiger charge is -2.03. The van der Waals surface area contributed by atoms with Crippen LogP contribution in [0.4, 0.5) is 0 Å². The normalized spacial score (nSPS) is 11.2. The average molecular weight is 140 g/mol. The highest BCUT2D eigenvalue weighted by Gasteiger charge is 1.85. The van der Waals surface area contributed by atoms with Crippen LogP contribution in [-0.4, -0.2) is 13.1 Å². The van der Waals surface area contributed by atoms with Gasteiger partial charge in [-0.25, -0.2) is 0 Å². The van der Waals surface area contributed by atoms with Crippen molar-refractivity contribution in [2.24, 2.45) is 5.73 Å². The van der Waals surface area contributed by atoms with Crippen molar-refractivity contribution in [2.75, 3.05) is 13.1 Å². The second kappa shape index (κ2) is 6.36. The standard InChI is InChI=1S/C8H16N2/c1-3-8(4-2)10-7-5-6-9/h3-4,10H,1,5-7,9H2,2H3/b8-4+. The monoisotopic (exact) mass is 140 g/mol. The van der Waals surface area contributed by atoms with E-state index in [0.29, 0.717) is 0 Å². The van der Waals surface area contributed by atoms with Gasteiger partial charge in [-0.2, -0.15) is 0 Å². The molecule has 0 aromatic rings. The van der Waals surface area contributed by atoms with Crippen molar-refractivity contribution in [3.63, 3.8) is 0 Å². The molecule has 0 heterocycles. The Morgan fingerprint density at radius 2 is 2.40 bits per heavy atom. The first kappa shape index (κ1) is 9.24. The fraction of sp³-hybridized carbons (Fsp3) is 0.500. The number of hydrogen-bond donors (Lipinski definition) is 2. The third-order valence-electron chi connectivity index (χ3n) is 1.24. The molecule has 2 heteroatoms. The lowest BCUT2D eigenvalue weighted by molar-refractivity contribution is 0.743. The van der Waals surface area contributed by atoms with E-state index in [2.05, 4.69) is 11.9 Å². The highest BCUT2D eigenvalue weighted by Crippen LogP contribution is 1.87. The van der Waals surface area contributed by atoms with E-state index in [9.17, 15) is 0 Å². The van der Waals surface area contributed by atoms with Gasteiger partial charge in [0.25, 0.3) is 0 Å². The molecule has 0 rings (SSSR count). The van der Waals surface area contributed by atoms with Gasteiger partial charge in [-0.05, 0) is 26.0 Å². The third-order valence-corrected chi connectivity index (χ3v) is 1.24. The van der Waals surface area contributed by atoms with Gasteiger partial charge in [-0.3, -0.25) is 0 Å². The van der Waals surface area contributed by atoms with Crippen LogP contribution < -0.4 is 11.1 Å². The second-order valence-corrected chi connectivity index (χ2v) is 2.02. The van der Waals surface area contributed by atoms with E-state index in [1.165, 1.54) is 0 Å². The van der Waals surface area contributed by atoms with Crippen molar-refractivity contribution in [3.8, 4) is 0 Å². The SMILES string of the molecule is C=C/C(=C\C)NCCCN. The molecule has 10 heavy (non-hydrogen) atoms. The van der Waals surface area contributed by atoms with E-state index in [1.807, 2.05) is 13.0 Å². The van der Waals surface area contributed by atoms with Crippen LogP contribution in [-0.2, 0) is 0 Å². The first-order valence-corrected chi connectivity index (χ1v) is 3.57. The lowest BCUT2D eigenvalue weighted by Crippen LogP contribution is -2.16. The summed E-state index contributed by atoms with van der Waals surface area (Å²) in [6.07, 6.45) is 4.80. The molecule has 2 nitrogen and oxygen atoms in total. The van der Waals surface area contributed by atoms with Crippen LogP contribution in [0.3, 0.4) is 0 Å². The summed E-state index contributed by atoms with van der Waals surface area (Å²) in [6.45, 7) is 7.30. The molecule has 0 radical (unpaired) electrons. The fourth-order valence-electron chi connectivity index (χ4n) is 0.627. The van der Waals surface area contributed by atoms with Crippen molar-refractivity contribution >= 4 is 0 Å². The predicted molar refractivity (Wildman–Crippen MR) is 45.6 cm³/mol. The molecule has 0 aliphatic carbocycles. The molecule has 0 aliphatic rings. The van der Waals surface area contributed by atoms with Gasteiger partial charge in [0.15, 0.2) is 0 Å². The molecule has 0 fully saturated rings. The highest BCUT2D eigenvalue weighted by molar-refractivity contribution is 5.12.